The van der Waals surface area contributed by atoms with E-state index in [1.54, 1.807) is 0 Å². The van der Waals surface area contributed by atoms with E-state index in [1.165, 1.54) is 7.22 Å². The monoisotopic (exact) mass is 404 g/mol. The van der Waals surface area contributed by atoms with Gasteiger partial charge in [0.25, 0.3) is 0 Å². The van der Waals surface area contributed by atoms with Crippen LogP contribution in [0.25, 0.3) is 0 Å². The first-order valence-electron chi connectivity index (χ1n) is 5.33. The van der Waals surface area contributed by atoms with Crippen LogP contribution in [0.2, 0.25) is 4.47 Å². The van der Waals surface area contributed by atoms with Crippen LogP contribution in [0.3, 0.4) is 0 Å². The number of allylic oxidation sites excluding steroid dienone is 1. The Morgan fingerprint density at radius 3 is 1.59 bits per heavy atom. The number of benzene rings is 2. The van der Waals surface area contributed by atoms with Gasteiger partial charge in [-0.15, -0.1) is 0 Å². The molecule has 0 aliphatic heterocycles. The average molecular weight is 403 g/mol. The molecule has 0 aliphatic rings. The van der Waals surface area contributed by atoms with Gasteiger partial charge in [-0.1, -0.05) is 0 Å². The van der Waals surface area contributed by atoms with Crippen LogP contribution in [0.5, 0.6) is 0 Å². The number of hydrogen-bond donors (Lipinski definition) is 0. The molecule has 0 saturated carbocycles. The Labute approximate surface area is 121 Å². The van der Waals surface area contributed by atoms with Gasteiger partial charge in [-0.2, -0.15) is 0 Å². The largest absolute Gasteiger partial charge is 1.00 e. The zero-order valence-electron chi connectivity index (χ0n) is 9.55. The Morgan fingerprint density at radius 1 is 0.824 bits per heavy atom. The summed E-state index contributed by atoms with van der Waals surface area (Å²) in [5, 5.41) is 0. The van der Waals surface area contributed by atoms with Crippen molar-refractivity contribution in [3.63, 3.8) is 0 Å². The summed E-state index contributed by atoms with van der Waals surface area (Å²) >= 11 is -1.40. The molecule has 2 aromatic rings. The first-order chi connectivity index (χ1) is 7.92. The van der Waals surface area contributed by atoms with Crippen LogP contribution in [0.15, 0.2) is 73.3 Å². The molecule has 0 bridgehead atoms. The molecule has 0 aliphatic carbocycles. The first kappa shape index (κ1) is 14.5. The van der Waals surface area contributed by atoms with E-state index in [4.69, 9.17) is 0 Å². The smallest absolute Gasteiger partial charge is 1.00 e. The normalized spacial score (nSPS) is 9.71. The first-order valence-corrected chi connectivity index (χ1v) is 9.31. The molecule has 0 radical (unpaired) electrons. The van der Waals surface area contributed by atoms with Crippen LogP contribution in [0, 0.1) is 0 Å². The van der Waals surface area contributed by atoms with Gasteiger partial charge >= 0.3 is 105 Å². The van der Waals surface area contributed by atoms with Gasteiger partial charge in [0, 0.05) is 0 Å². The standard InChI is InChI=1S/C15H15Te.BrH/c1-2-13-16(14-9-5-3-6-10-14)15-11-7-4-8-12-15;/h2-12H,1,13H2;1H/q+1;/p-1. The van der Waals surface area contributed by atoms with Crippen molar-refractivity contribution in [1.82, 2.24) is 0 Å². The minimum atomic E-state index is -1.40. The summed E-state index contributed by atoms with van der Waals surface area (Å²) in [5.41, 5.74) is 0. The average Bonchev–Trinajstić information content (AvgIpc) is 2.38. The van der Waals surface area contributed by atoms with Crippen LogP contribution in [-0.4, -0.2) is 19.6 Å². The molecule has 2 aromatic carbocycles. The quantitative estimate of drug-likeness (QED) is 0.477. The second-order valence-corrected chi connectivity index (χ2v) is 9.34. The molecule has 88 valence electrons. The Bertz CT molecular complexity index is 399. The van der Waals surface area contributed by atoms with Crippen molar-refractivity contribution in [3.8, 4) is 0 Å². The summed E-state index contributed by atoms with van der Waals surface area (Å²) in [6.45, 7) is 3.89. The summed E-state index contributed by atoms with van der Waals surface area (Å²) in [6, 6.07) is 21.7. The topological polar surface area (TPSA) is 0 Å². The van der Waals surface area contributed by atoms with Crippen LogP contribution in [-0.2, 0) is 0 Å². The van der Waals surface area contributed by atoms with E-state index in [-0.39, 0.29) is 17.0 Å². The fraction of sp³-hybridized carbons (Fsp3) is 0.0667. The minimum Gasteiger partial charge on any atom is -1.00 e. The number of hydrogen-bond acceptors (Lipinski definition) is 0. The van der Waals surface area contributed by atoms with Gasteiger partial charge in [0.15, 0.2) is 0 Å². The van der Waals surface area contributed by atoms with Crippen molar-refractivity contribution in [3.05, 3.63) is 73.3 Å². The van der Waals surface area contributed by atoms with E-state index < -0.39 is 19.6 Å². The van der Waals surface area contributed by atoms with Gasteiger partial charge in [-0.05, 0) is 0 Å². The second-order valence-electron chi connectivity index (χ2n) is 3.47. The fourth-order valence-corrected chi connectivity index (χ4v) is 6.94. The molecular weight excluding hydrogens is 388 g/mol. The van der Waals surface area contributed by atoms with Crippen LogP contribution >= 0.6 is 0 Å². The molecule has 0 aromatic heterocycles. The summed E-state index contributed by atoms with van der Waals surface area (Å²) in [4.78, 5) is 0. The summed E-state index contributed by atoms with van der Waals surface area (Å²) < 4.78 is 4.20. The van der Waals surface area contributed by atoms with E-state index in [1.807, 2.05) is 0 Å². The summed E-state index contributed by atoms with van der Waals surface area (Å²) in [6.07, 6.45) is 2.07. The van der Waals surface area contributed by atoms with Crippen molar-refractivity contribution in [2.24, 2.45) is 0 Å². The maximum absolute atomic E-state index is 3.89. The van der Waals surface area contributed by atoms with Crippen LogP contribution in [0.4, 0.5) is 0 Å². The molecule has 0 fully saturated rings. The summed E-state index contributed by atoms with van der Waals surface area (Å²) in [5.74, 6) is 0. The zero-order chi connectivity index (χ0) is 11.2. The number of halogens is 1. The van der Waals surface area contributed by atoms with Crippen molar-refractivity contribution < 1.29 is 17.0 Å². The minimum absolute atomic E-state index is 0. The van der Waals surface area contributed by atoms with Gasteiger partial charge in [-0.25, -0.2) is 0 Å². The van der Waals surface area contributed by atoms with Gasteiger partial charge in [0.2, 0.25) is 0 Å². The third-order valence-corrected chi connectivity index (χ3v) is 8.77. The van der Waals surface area contributed by atoms with Gasteiger partial charge in [0.05, 0.1) is 0 Å². The van der Waals surface area contributed by atoms with E-state index in [2.05, 4.69) is 73.3 Å². The van der Waals surface area contributed by atoms with Crippen LogP contribution in [0.1, 0.15) is 0 Å². The third-order valence-electron chi connectivity index (χ3n) is 2.34. The molecule has 2 heteroatoms. The van der Waals surface area contributed by atoms with Crippen LogP contribution < -0.4 is 24.2 Å². The predicted octanol–water partition coefficient (Wildman–Crippen LogP) is -0.514. The van der Waals surface area contributed by atoms with Gasteiger partial charge < -0.3 is 17.0 Å². The van der Waals surface area contributed by atoms with Crippen molar-refractivity contribution in [2.45, 2.75) is 4.47 Å². The molecule has 0 heterocycles. The molecule has 0 amide bonds. The fourth-order valence-electron chi connectivity index (χ4n) is 1.62. The van der Waals surface area contributed by atoms with Gasteiger partial charge in [-0.3, -0.25) is 0 Å². The number of rotatable bonds is 4. The van der Waals surface area contributed by atoms with E-state index in [0.29, 0.717) is 0 Å². The Morgan fingerprint density at radius 2 is 1.24 bits per heavy atom. The molecule has 0 atom stereocenters. The molecule has 0 unspecified atom stereocenters. The zero-order valence-corrected chi connectivity index (χ0v) is 13.5. The molecular formula is C15H15BrTe. The SMILES string of the molecule is C=CC[Te+](c1ccccc1)c1ccccc1.[Br-]. The van der Waals surface area contributed by atoms with E-state index in [9.17, 15) is 0 Å². The van der Waals surface area contributed by atoms with Crippen molar-refractivity contribution in [1.29, 1.82) is 0 Å². The maximum atomic E-state index is 3.89. The van der Waals surface area contributed by atoms with E-state index >= 15 is 0 Å². The molecule has 0 saturated heterocycles. The van der Waals surface area contributed by atoms with Crippen molar-refractivity contribution >= 4 is 26.8 Å². The summed E-state index contributed by atoms with van der Waals surface area (Å²) in [7, 11) is 0. The van der Waals surface area contributed by atoms with E-state index in [0.717, 1.165) is 4.47 Å². The molecule has 0 spiro atoms. The Balaban J connectivity index is 0.00000144. The predicted molar refractivity (Wildman–Crippen MR) is 72.9 cm³/mol. The molecule has 17 heavy (non-hydrogen) atoms. The molecule has 0 nitrogen and oxygen atoms in total. The van der Waals surface area contributed by atoms with Crippen molar-refractivity contribution in [2.75, 3.05) is 0 Å². The van der Waals surface area contributed by atoms with Gasteiger partial charge in [0.1, 0.15) is 0 Å². The third kappa shape index (κ3) is 3.99. The molecule has 2 rings (SSSR count). The maximum Gasteiger partial charge on any atom is -1.00 e. The Kier molecular flexibility index (Phi) is 6.58. The second kappa shape index (κ2) is 7.71. The molecule has 0 N–H and O–H groups in total. The Hall–Kier alpha value is -0.550.